The third-order valence-corrected chi connectivity index (χ3v) is 2.97. The van der Waals surface area contributed by atoms with Gasteiger partial charge in [0.05, 0.1) is 0 Å². The Labute approximate surface area is 98.3 Å². The zero-order chi connectivity index (χ0) is 12.3. The molecule has 0 aromatic rings. The van der Waals surface area contributed by atoms with Crippen molar-refractivity contribution in [1.29, 1.82) is 0 Å². The molecule has 0 bridgehead atoms. The number of carbonyl (C=O) groups is 1. The van der Waals surface area contributed by atoms with Crippen LogP contribution in [0.5, 0.6) is 0 Å². The second-order valence-corrected chi connectivity index (χ2v) is 5.63. The highest BCUT2D eigenvalue weighted by Crippen LogP contribution is 2.18. The van der Waals surface area contributed by atoms with E-state index in [1.165, 1.54) is 0 Å². The first-order valence-corrected chi connectivity index (χ1v) is 5.98. The van der Waals surface area contributed by atoms with Crippen molar-refractivity contribution < 1.29 is 9.53 Å². The van der Waals surface area contributed by atoms with Crippen molar-refractivity contribution >= 4 is 6.09 Å². The van der Waals surface area contributed by atoms with E-state index in [2.05, 4.69) is 12.2 Å². The normalized spacial score (nSPS) is 26.3. The van der Waals surface area contributed by atoms with Crippen molar-refractivity contribution in [3.8, 4) is 0 Å². The lowest BCUT2D eigenvalue weighted by molar-refractivity contribution is 0.0146. The van der Waals surface area contributed by atoms with Gasteiger partial charge in [-0.2, -0.15) is 0 Å². The van der Waals surface area contributed by atoms with Gasteiger partial charge in [-0.1, -0.05) is 6.92 Å². The van der Waals surface area contributed by atoms with Crippen LogP contribution in [0.4, 0.5) is 4.79 Å². The minimum absolute atomic E-state index is 0.229. The zero-order valence-corrected chi connectivity index (χ0v) is 11.0. The lowest BCUT2D eigenvalue weighted by Gasteiger charge is -2.37. The van der Waals surface area contributed by atoms with Crippen molar-refractivity contribution in [2.45, 2.75) is 45.8 Å². The topological polar surface area (TPSA) is 41.6 Å². The molecule has 1 aliphatic rings. The van der Waals surface area contributed by atoms with Crippen LogP contribution in [-0.4, -0.2) is 42.8 Å². The molecule has 1 heterocycles. The molecule has 16 heavy (non-hydrogen) atoms. The molecule has 1 saturated heterocycles. The van der Waals surface area contributed by atoms with Crippen molar-refractivity contribution in [3.63, 3.8) is 0 Å². The first kappa shape index (κ1) is 13.3. The summed E-state index contributed by atoms with van der Waals surface area (Å²) in [7, 11) is 1.82. The fourth-order valence-corrected chi connectivity index (χ4v) is 1.96. The molecule has 0 spiro atoms. The molecule has 0 aromatic heterocycles. The first-order chi connectivity index (χ1) is 7.31. The summed E-state index contributed by atoms with van der Waals surface area (Å²) in [5.41, 5.74) is -0.420. The smallest absolute Gasteiger partial charge is 0.410 e. The number of hydrogen-bond donors (Lipinski definition) is 1. The minimum atomic E-state index is -0.420. The third-order valence-electron chi connectivity index (χ3n) is 2.97. The van der Waals surface area contributed by atoms with Crippen molar-refractivity contribution in [2.24, 2.45) is 5.92 Å². The second kappa shape index (κ2) is 5.04. The highest BCUT2D eigenvalue weighted by atomic mass is 16.6. The van der Waals surface area contributed by atoms with Gasteiger partial charge in [-0.15, -0.1) is 0 Å². The maximum absolute atomic E-state index is 11.9. The lowest BCUT2D eigenvalue weighted by atomic mass is 9.94. The van der Waals surface area contributed by atoms with Gasteiger partial charge in [0.1, 0.15) is 5.60 Å². The summed E-state index contributed by atoms with van der Waals surface area (Å²) in [5.74, 6) is 0.527. The molecule has 1 amide bonds. The number of piperidine rings is 1. The van der Waals surface area contributed by atoms with Gasteiger partial charge in [0, 0.05) is 19.6 Å². The summed E-state index contributed by atoms with van der Waals surface area (Å²) >= 11 is 0. The van der Waals surface area contributed by atoms with Crippen LogP contribution in [-0.2, 0) is 4.74 Å². The third kappa shape index (κ3) is 3.67. The predicted octanol–water partition coefficient (Wildman–Crippen LogP) is 1.85. The molecule has 1 fully saturated rings. The molecule has 2 atom stereocenters. The summed E-state index contributed by atoms with van der Waals surface area (Å²) in [6.45, 7) is 9.76. The first-order valence-electron chi connectivity index (χ1n) is 5.98. The van der Waals surface area contributed by atoms with E-state index < -0.39 is 5.60 Å². The maximum atomic E-state index is 11.9. The molecular weight excluding hydrogens is 204 g/mol. The summed E-state index contributed by atoms with van der Waals surface area (Å²) in [4.78, 5) is 13.6. The summed E-state index contributed by atoms with van der Waals surface area (Å²) < 4.78 is 5.36. The molecule has 1 aliphatic heterocycles. The van der Waals surface area contributed by atoms with E-state index in [0.29, 0.717) is 5.92 Å². The average molecular weight is 228 g/mol. The molecule has 4 heteroatoms. The monoisotopic (exact) mass is 228 g/mol. The molecule has 0 radical (unpaired) electrons. The predicted molar refractivity (Wildman–Crippen MR) is 64.4 cm³/mol. The van der Waals surface area contributed by atoms with E-state index in [1.54, 1.807) is 4.90 Å². The average Bonchev–Trinajstić information content (AvgIpc) is 2.15. The number of rotatable bonds is 1. The Balaban J connectivity index is 2.55. The van der Waals surface area contributed by atoms with Gasteiger partial charge in [-0.05, 0) is 39.7 Å². The standard InChI is InChI=1S/C12H24N2O2/c1-9-6-7-13-8-10(9)14(5)11(15)16-12(2,3)4/h9-10,13H,6-8H2,1-5H3. The summed E-state index contributed by atoms with van der Waals surface area (Å²) in [6.07, 6.45) is 0.880. The Bertz CT molecular complexity index is 248. The minimum Gasteiger partial charge on any atom is -0.444 e. The van der Waals surface area contributed by atoms with Gasteiger partial charge in [-0.3, -0.25) is 0 Å². The lowest BCUT2D eigenvalue weighted by Crippen LogP contribution is -2.52. The highest BCUT2D eigenvalue weighted by Gasteiger charge is 2.30. The molecule has 0 aliphatic carbocycles. The molecule has 1 rings (SSSR count). The Morgan fingerprint density at radius 2 is 2.06 bits per heavy atom. The second-order valence-electron chi connectivity index (χ2n) is 5.63. The van der Waals surface area contributed by atoms with E-state index >= 15 is 0 Å². The van der Waals surface area contributed by atoms with Crippen LogP contribution in [0.1, 0.15) is 34.1 Å². The van der Waals surface area contributed by atoms with Crippen LogP contribution < -0.4 is 5.32 Å². The number of likely N-dealkylation sites (N-methyl/N-ethyl adjacent to an activating group) is 1. The van der Waals surface area contributed by atoms with Gasteiger partial charge in [0.15, 0.2) is 0 Å². The van der Waals surface area contributed by atoms with E-state index in [9.17, 15) is 4.79 Å². The number of nitrogens with zero attached hydrogens (tertiary/aromatic N) is 1. The van der Waals surface area contributed by atoms with Gasteiger partial charge in [-0.25, -0.2) is 4.79 Å². The molecule has 4 nitrogen and oxygen atoms in total. The number of amides is 1. The van der Waals surface area contributed by atoms with E-state index in [4.69, 9.17) is 4.74 Å². The van der Waals surface area contributed by atoms with Gasteiger partial charge < -0.3 is 15.0 Å². The summed E-state index contributed by atoms with van der Waals surface area (Å²) in [6, 6.07) is 0.239. The summed E-state index contributed by atoms with van der Waals surface area (Å²) in [5, 5.41) is 3.31. The Hall–Kier alpha value is -0.770. The van der Waals surface area contributed by atoms with Crippen molar-refractivity contribution in [1.82, 2.24) is 10.2 Å². The number of hydrogen-bond acceptors (Lipinski definition) is 3. The van der Waals surface area contributed by atoms with E-state index in [-0.39, 0.29) is 12.1 Å². The number of nitrogens with one attached hydrogen (secondary N) is 1. The van der Waals surface area contributed by atoms with E-state index in [1.807, 2.05) is 27.8 Å². The Kier molecular flexibility index (Phi) is 4.19. The fraction of sp³-hybridized carbons (Fsp3) is 0.917. The molecule has 94 valence electrons. The largest absolute Gasteiger partial charge is 0.444 e. The molecular formula is C12H24N2O2. The van der Waals surface area contributed by atoms with Crippen LogP contribution in [0.3, 0.4) is 0 Å². The zero-order valence-electron chi connectivity index (χ0n) is 11.0. The van der Waals surface area contributed by atoms with Crippen LogP contribution in [0, 0.1) is 5.92 Å². The van der Waals surface area contributed by atoms with Crippen molar-refractivity contribution in [3.05, 3.63) is 0 Å². The van der Waals surface area contributed by atoms with Crippen molar-refractivity contribution in [2.75, 3.05) is 20.1 Å². The molecule has 1 N–H and O–H groups in total. The van der Waals surface area contributed by atoms with Gasteiger partial charge in [0.2, 0.25) is 0 Å². The molecule has 0 saturated carbocycles. The van der Waals surface area contributed by atoms with Gasteiger partial charge in [0.25, 0.3) is 0 Å². The SMILES string of the molecule is CC1CCNCC1N(C)C(=O)OC(C)(C)C. The maximum Gasteiger partial charge on any atom is 0.410 e. The van der Waals surface area contributed by atoms with Gasteiger partial charge >= 0.3 is 6.09 Å². The number of ether oxygens (including phenoxy) is 1. The molecule has 2 unspecified atom stereocenters. The van der Waals surface area contributed by atoms with Crippen LogP contribution >= 0.6 is 0 Å². The fourth-order valence-electron chi connectivity index (χ4n) is 1.96. The van der Waals surface area contributed by atoms with Crippen LogP contribution in [0.15, 0.2) is 0 Å². The Morgan fingerprint density at radius 3 is 2.56 bits per heavy atom. The van der Waals surface area contributed by atoms with Crippen LogP contribution in [0.25, 0.3) is 0 Å². The quantitative estimate of drug-likeness (QED) is 0.744. The molecule has 0 aromatic carbocycles. The Morgan fingerprint density at radius 1 is 1.44 bits per heavy atom. The number of carbonyl (C=O) groups excluding carboxylic acids is 1. The highest BCUT2D eigenvalue weighted by molar-refractivity contribution is 5.68. The van der Waals surface area contributed by atoms with E-state index in [0.717, 1.165) is 19.5 Å². The van der Waals surface area contributed by atoms with Crippen LogP contribution in [0.2, 0.25) is 0 Å².